The maximum absolute atomic E-state index is 10.6. The summed E-state index contributed by atoms with van der Waals surface area (Å²) < 4.78 is 19.3. The summed E-state index contributed by atoms with van der Waals surface area (Å²) in [6.45, 7) is 0.299. The van der Waals surface area contributed by atoms with E-state index in [2.05, 4.69) is 0 Å². The van der Waals surface area contributed by atoms with Gasteiger partial charge in [0, 0.05) is 6.54 Å². The van der Waals surface area contributed by atoms with Crippen molar-refractivity contribution in [1.29, 1.82) is 0 Å². The van der Waals surface area contributed by atoms with Crippen LogP contribution in [0.25, 0.3) is 0 Å². The molecule has 0 spiro atoms. The standard InChI is InChI=1S/C6H9NO4S/c8-6(9)7-4-2-1-3-5(7)12(10)11/h3H,1-2,4H2,(H,8,9)(H,10,11). The number of hydrogen-bond acceptors (Lipinski definition) is 2. The number of nitrogens with zero attached hydrogens (tertiary/aromatic N) is 1. The Kier molecular flexibility index (Phi) is 2.83. The molecule has 12 heavy (non-hydrogen) atoms. The van der Waals surface area contributed by atoms with Gasteiger partial charge in [-0.05, 0) is 18.9 Å². The van der Waals surface area contributed by atoms with Gasteiger partial charge in [0.15, 0.2) is 0 Å². The summed E-state index contributed by atoms with van der Waals surface area (Å²) in [5.74, 6) is 0. The van der Waals surface area contributed by atoms with Crippen molar-refractivity contribution < 1.29 is 18.7 Å². The van der Waals surface area contributed by atoms with Gasteiger partial charge in [-0.3, -0.25) is 4.90 Å². The molecular formula is C6H9NO4S. The summed E-state index contributed by atoms with van der Waals surface area (Å²) in [6, 6.07) is 0. The van der Waals surface area contributed by atoms with Crippen LogP contribution in [-0.2, 0) is 11.1 Å². The maximum Gasteiger partial charge on any atom is 0.412 e. The molecule has 0 aromatic carbocycles. The fourth-order valence-corrected chi connectivity index (χ4v) is 1.67. The highest BCUT2D eigenvalue weighted by atomic mass is 32.2. The van der Waals surface area contributed by atoms with Gasteiger partial charge in [0.2, 0.25) is 11.1 Å². The molecule has 6 heteroatoms. The summed E-state index contributed by atoms with van der Waals surface area (Å²) in [5, 5.41) is 8.58. The fraction of sp³-hybridized carbons (Fsp3) is 0.500. The minimum Gasteiger partial charge on any atom is -0.465 e. The molecule has 5 nitrogen and oxygen atoms in total. The highest BCUT2D eigenvalue weighted by Gasteiger charge is 2.23. The highest BCUT2D eigenvalue weighted by Crippen LogP contribution is 2.16. The van der Waals surface area contributed by atoms with E-state index in [0.717, 1.165) is 4.90 Å². The van der Waals surface area contributed by atoms with Gasteiger partial charge < -0.3 is 9.66 Å². The fourth-order valence-electron chi connectivity index (χ4n) is 1.05. The smallest absolute Gasteiger partial charge is 0.412 e. The van der Waals surface area contributed by atoms with Crippen LogP contribution in [0, 0.1) is 0 Å². The molecule has 0 aliphatic carbocycles. The Morgan fingerprint density at radius 2 is 2.33 bits per heavy atom. The van der Waals surface area contributed by atoms with Gasteiger partial charge in [0.25, 0.3) is 0 Å². The van der Waals surface area contributed by atoms with Gasteiger partial charge in [-0.2, -0.15) is 0 Å². The zero-order chi connectivity index (χ0) is 9.14. The van der Waals surface area contributed by atoms with Crippen molar-refractivity contribution in [2.45, 2.75) is 12.8 Å². The van der Waals surface area contributed by atoms with Crippen molar-refractivity contribution in [3.63, 3.8) is 0 Å². The van der Waals surface area contributed by atoms with E-state index in [4.69, 9.17) is 9.66 Å². The number of carboxylic acid groups (broad SMARTS) is 1. The van der Waals surface area contributed by atoms with E-state index in [-0.39, 0.29) is 5.03 Å². The molecule has 0 saturated heterocycles. The van der Waals surface area contributed by atoms with Crippen molar-refractivity contribution >= 4 is 17.2 Å². The number of rotatable bonds is 1. The lowest BCUT2D eigenvalue weighted by atomic mass is 10.2. The third kappa shape index (κ3) is 1.83. The van der Waals surface area contributed by atoms with Crippen LogP contribution in [0.1, 0.15) is 12.8 Å². The average Bonchev–Trinajstić information content (AvgIpc) is 2.04. The number of hydrogen-bond donors (Lipinski definition) is 2. The Bertz CT molecular complexity index is 250. The quantitative estimate of drug-likeness (QED) is 0.601. The summed E-state index contributed by atoms with van der Waals surface area (Å²) >= 11 is -2.20. The summed E-state index contributed by atoms with van der Waals surface area (Å²) in [7, 11) is 0. The third-order valence-corrected chi connectivity index (χ3v) is 2.33. The molecule has 68 valence electrons. The highest BCUT2D eigenvalue weighted by molar-refractivity contribution is 7.83. The van der Waals surface area contributed by atoms with Gasteiger partial charge in [-0.1, -0.05) is 0 Å². The van der Waals surface area contributed by atoms with E-state index in [0.29, 0.717) is 19.4 Å². The normalized spacial score (nSPS) is 20.1. The molecule has 1 rings (SSSR count). The van der Waals surface area contributed by atoms with Crippen molar-refractivity contribution in [1.82, 2.24) is 4.90 Å². The second-order valence-electron chi connectivity index (χ2n) is 2.37. The van der Waals surface area contributed by atoms with E-state index in [1.54, 1.807) is 0 Å². The van der Waals surface area contributed by atoms with Crippen molar-refractivity contribution in [3.05, 3.63) is 11.1 Å². The summed E-state index contributed by atoms with van der Waals surface area (Å²) in [5.41, 5.74) is 0. The molecule has 0 saturated carbocycles. The molecule has 1 atom stereocenters. The molecular weight excluding hydrogens is 182 g/mol. The zero-order valence-corrected chi connectivity index (χ0v) is 7.08. The summed E-state index contributed by atoms with van der Waals surface area (Å²) in [4.78, 5) is 11.4. The SMILES string of the molecule is O=C(O)N1CCCC=C1S(=O)O. The second-order valence-corrected chi connectivity index (χ2v) is 3.28. The van der Waals surface area contributed by atoms with Crippen LogP contribution in [0.15, 0.2) is 11.1 Å². The Morgan fingerprint density at radius 1 is 1.67 bits per heavy atom. The van der Waals surface area contributed by atoms with Crippen molar-refractivity contribution in [3.8, 4) is 0 Å². The van der Waals surface area contributed by atoms with E-state index in [1.807, 2.05) is 0 Å². The van der Waals surface area contributed by atoms with Gasteiger partial charge in [0.05, 0.1) is 0 Å². The molecule has 1 heterocycles. The molecule has 0 radical (unpaired) electrons. The molecule has 0 bridgehead atoms. The Morgan fingerprint density at radius 3 is 2.75 bits per heavy atom. The molecule has 1 aliphatic heterocycles. The predicted octanol–water partition coefficient (Wildman–Crippen LogP) is 0.823. The topological polar surface area (TPSA) is 77.8 Å². The monoisotopic (exact) mass is 191 g/mol. The third-order valence-electron chi connectivity index (χ3n) is 1.58. The Labute approximate surface area is 72.0 Å². The lowest BCUT2D eigenvalue weighted by Crippen LogP contribution is -2.33. The largest absolute Gasteiger partial charge is 0.465 e. The second kappa shape index (κ2) is 3.68. The van der Waals surface area contributed by atoms with Crippen LogP contribution in [0.2, 0.25) is 0 Å². The molecule has 1 aliphatic rings. The first-order chi connectivity index (χ1) is 5.63. The Balaban J connectivity index is 2.85. The Hall–Kier alpha value is -0.880. The van der Waals surface area contributed by atoms with Gasteiger partial charge >= 0.3 is 6.09 Å². The average molecular weight is 191 g/mol. The predicted molar refractivity (Wildman–Crippen MR) is 42.8 cm³/mol. The first-order valence-electron chi connectivity index (χ1n) is 3.44. The van der Waals surface area contributed by atoms with Crippen LogP contribution in [-0.4, -0.2) is 31.4 Å². The van der Waals surface area contributed by atoms with E-state index in [9.17, 15) is 9.00 Å². The molecule has 0 aromatic heterocycles. The molecule has 1 unspecified atom stereocenters. The zero-order valence-electron chi connectivity index (χ0n) is 6.27. The van der Waals surface area contributed by atoms with Crippen LogP contribution in [0.4, 0.5) is 4.79 Å². The lowest BCUT2D eigenvalue weighted by molar-refractivity contribution is 0.158. The molecule has 0 aromatic rings. The lowest BCUT2D eigenvalue weighted by Gasteiger charge is -2.22. The minimum absolute atomic E-state index is 0.0197. The van der Waals surface area contributed by atoms with E-state index >= 15 is 0 Å². The van der Waals surface area contributed by atoms with Gasteiger partial charge in [-0.25, -0.2) is 9.00 Å². The maximum atomic E-state index is 10.6. The molecule has 0 fully saturated rings. The van der Waals surface area contributed by atoms with Crippen molar-refractivity contribution in [2.24, 2.45) is 0 Å². The number of carbonyl (C=O) groups is 1. The molecule has 1 amide bonds. The van der Waals surface area contributed by atoms with Gasteiger partial charge in [-0.15, -0.1) is 0 Å². The van der Waals surface area contributed by atoms with Crippen molar-refractivity contribution in [2.75, 3.05) is 6.54 Å². The van der Waals surface area contributed by atoms with E-state index in [1.165, 1.54) is 6.08 Å². The summed E-state index contributed by atoms with van der Waals surface area (Å²) in [6.07, 6.45) is 1.66. The minimum atomic E-state index is -2.20. The van der Waals surface area contributed by atoms with Crippen LogP contribution >= 0.6 is 0 Å². The number of amides is 1. The van der Waals surface area contributed by atoms with Crippen LogP contribution in [0.5, 0.6) is 0 Å². The first-order valence-corrected chi connectivity index (χ1v) is 4.55. The first kappa shape index (κ1) is 9.21. The molecule has 2 N–H and O–H groups in total. The number of allylic oxidation sites excluding steroid dienone is 1. The van der Waals surface area contributed by atoms with Crippen LogP contribution in [0.3, 0.4) is 0 Å². The van der Waals surface area contributed by atoms with Crippen LogP contribution < -0.4 is 0 Å². The van der Waals surface area contributed by atoms with E-state index < -0.39 is 17.2 Å². The van der Waals surface area contributed by atoms with Gasteiger partial charge in [0.1, 0.15) is 5.03 Å².